The van der Waals surface area contributed by atoms with Crippen LogP contribution in [-0.2, 0) is 4.74 Å². The van der Waals surface area contributed by atoms with E-state index in [1.165, 1.54) is 24.4 Å². The number of rotatable bonds is 4. The highest BCUT2D eigenvalue weighted by molar-refractivity contribution is 6.03. The lowest BCUT2D eigenvalue weighted by Gasteiger charge is -2.24. The molecule has 0 amide bonds. The number of pyridine rings is 1. The first-order valence-corrected chi connectivity index (χ1v) is 11.4. The molecule has 8 nitrogen and oxygen atoms in total. The Labute approximate surface area is 208 Å². The zero-order valence-electron chi connectivity index (χ0n) is 19.2. The molecule has 4 aromatic rings. The zero-order chi connectivity index (χ0) is 25.8. The van der Waals surface area contributed by atoms with Crippen LogP contribution in [0.3, 0.4) is 0 Å². The second-order valence-electron chi connectivity index (χ2n) is 8.81. The van der Waals surface area contributed by atoms with E-state index in [4.69, 9.17) is 15.9 Å². The summed E-state index contributed by atoms with van der Waals surface area (Å²) in [5.41, 5.74) is -0.519. The summed E-state index contributed by atoms with van der Waals surface area (Å²) in [6.07, 6.45) is 5.74. The lowest BCUT2D eigenvalue weighted by Crippen LogP contribution is -2.31. The number of hydrogen-bond acceptors (Lipinski definition) is 8. The predicted molar refractivity (Wildman–Crippen MR) is 128 cm³/mol. The number of aromatic nitrogens is 3. The quantitative estimate of drug-likeness (QED) is 0.320. The van der Waals surface area contributed by atoms with Crippen LogP contribution in [0, 0.1) is 29.9 Å². The molecule has 3 unspecified atom stereocenters. The zero-order valence-corrected chi connectivity index (χ0v) is 19.2. The molecule has 0 radical (unpaired) electrons. The number of halogens is 3. The minimum atomic E-state index is -1.14. The van der Waals surface area contributed by atoms with Gasteiger partial charge >= 0.3 is 6.01 Å². The first kappa shape index (κ1) is 23.3. The lowest BCUT2D eigenvalue weighted by atomic mass is 9.96. The number of benzene rings is 2. The standard InChI is InChI=1S/C26H19F3N4O4/c1-2-14-18(27)4-3-12-7-13(35)8-15(19(12)14)22-21(29)23-16(9-30-22)25(32-26(31-23)37-11-34)33-5-6-36-10-17-20(28)24(17)33/h1,3-4,7-9,17,20,24,34-35H,5-6,10-11H2. The van der Waals surface area contributed by atoms with Crippen LogP contribution < -0.4 is 9.64 Å². The van der Waals surface area contributed by atoms with Crippen molar-refractivity contribution in [2.24, 2.45) is 5.92 Å². The Bertz CT molecular complexity index is 1610. The molecule has 1 aliphatic carbocycles. The normalized spacial score (nSPS) is 20.9. The summed E-state index contributed by atoms with van der Waals surface area (Å²) in [7, 11) is 0. The number of aliphatic hydroxyl groups is 1. The number of anilines is 1. The SMILES string of the molecule is C#Cc1c(F)ccc2cc(O)cc(-c3ncc4c(N5CCOCC6C(F)C65)nc(OCO)nc4c3F)c12. The predicted octanol–water partition coefficient (Wildman–Crippen LogP) is 3.31. The maximum Gasteiger partial charge on any atom is 0.321 e. The van der Waals surface area contributed by atoms with Gasteiger partial charge in [-0.25, -0.2) is 13.2 Å². The Balaban J connectivity index is 1.60. The Kier molecular flexibility index (Phi) is 5.51. The largest absolute Gasteiger partial charge is 0.508 e. The van der Waals surface area contributed by atoms with Crippen LogP contribution in [0.2, 0.25) is 0 Å². The number of aliphatic hydroxyl groups excluding tert-OH is 1. The third-order valence-electron chi connectivity index (χ3n) is 6.74. The van der Waals surface area contributed by atoms with Gasteiger partial charge in [-0.15, -0.1) is 6.42 Å². The van der Waals surface area contributed by atoms with Crippen LogP contribution >= 0.6 is 0 Å². The molecule has 3 heterocycles. The molecule has 2 N–H and O–H groups in total. The first-order valence-electron chi connectivity index (χ1n) is 11.4. The van der Waals surface area contributed by atoms with Crippen LogP contribution in [-0.4, -0.2) is 63.9 Å². The van der Waals surface area contributed by atoms with Gasteiger partial charge in [0, 0.05) is 29.6 Å². The van der Waals surface area contributed by atoms with Crippen LogP contribution in [0.25, 0.3) is 32.9 Å². The lowest BCUT2D eigenvalue weighted by molar-refractivity contribution is 0.0897. The van der Waals surface area contributed by atoms with Gasteiger partial charge in [-0.3, -0.25) is 4.98 Å². The summed E-state index contributed by atoms with van der Waals surface area (Å²) in [4.78, 5) is 14.4. The number of aromatic hydroxyl groups is 1. The van der Waals surface area contributed by atoms with Gasteiger partial charge in [0.25, 0.3) is 0 Å². The van der Waals surface area contributed by atoms with E-state index in [1.54, 1.807) is 4.90 Å². The van der Waals surface area contributed by atoms with Gasteiger partial charge in [0.15, 0.2) is 12.6 Å². The number of phenols is 1. The molecular weight excluding hydrogens is 489 g/mol. The van der Waals surface area contributed by atoms with Crippen LogP contribution in [0.4, 0.5) is 19.0 Å². The van der Waals surface area contributed by atoms with Gasteiger partial charge in [0.2, 0.25) is 0 Å². The molecule has 11 heteroatoms. The number of hydrogen-bond donors (Lipinski definition) is 2. The fraction of sp³-hybridized carbons (Fsp3) is 0.269. The Morgan fingerprint density at radius 1 is 1.24 bits per heavy atom. The number of phenolic OH excluding ortho intramolecular Hbond substituents is 1. The van der Waals surface area contributed by atoms with E-state index < -0.39 is 30.6 Å². The van der Waals surface area contributed by atoms with Crippen molar-refractivity contribution in [2.75, 3.05) is 31.5 Å². The average Bonchev–Trinajstić information content (AvgIpc) is 3.58. The van der Waals surface area contributed by atoms with E-state index in [0.717, 1.165) is 6.07 Å². The van der Waals surface area contributed by atoms with Crippen molar-refractivity contribution in [2.45, 2.75) is 12.2 Å². The van der Waals surface area contributed by atoms with Crippen LogP contribution in [0.5, 0.6) is 11.8 Å². The summed E-state index contributed by atoms with van der Waals surface area (Å²) in [5, 5.41) is 20.3. The van der Waals surface area contributed by atoms with Crippen molar-refractivity contribution >= 4 is 27.5 Å². The molecule has 6 rings (SSSR count). The smallest absolute Gasteiger partial charge is 0.321 e. The summed E-state index contributed by atoms with van der Waals surface area (Å²) in [6, 6.07) is 4.36. The van der Waals surface area contributed by atoms with E-state index in [2.05, 4.69) is 20.9 Å². The molecule has 2 aliphatic rings. The van der Waals surface area contributed by atoms with E-state index in [1.807, 2.05) is 0 Å². The maximum atomic E-state index is 16.2. The topological polar surface area (TPSA) is 101 Å². The maximum absolute atomic E-state index is 16.2. The minimum absolute atomic E-state index is 0.0564. The fourth-order valence-electron chi connectivity index (χ4n) is 4.99. The molecule has 37 heavy (non-hydrogen) atoms. The van der Waals surface area contributed by atoms with Crippen molar-refractivity contribution in [1.82, 2.24) is 15.0 Å². The fourth-order valence-corrected chi connectivity index (χ4v) is 4.99. The molecule has 2 aromatic carbocycles. The van der Waals surface area contributed by atoms with Gasteiger partial charge in [-0.2, -0.15) is 9.97 Å². The van der Waals surface area contributed by atoms with Crippen molar-refractivity contribution in [3.63, 3.8) is 0 Å². The molecule has 2 fully saturated rings. The van der Waals surface area contributed by atoms with Gasteiger partial charge in [0.05, 0.1) is 30.2 Å². The van der Waals surface area contributed by atoms with Crippen LogP contribution in [0.15, 0.2) is 30.5 Å². The van der Waals surface area contributed by atoms with Gasteiger partial charge in [0.1, 0.15) is 34.8 Å². The summed E-state index contributed by atoms with van der Waals surface area (Å²) in [6.45, 7) is 0.0942. The first-order chi connectivity index (χ1) is 17.9. The number of nitrogens with zero attached hydrogens (tertiary/aromatic N) is 4. The average molecular weight is 508 g/mol. The highest BCUT2D eigenvalue weighted by Crippen LogP contribution is 2.45. The van der Waals surface area contributed by atoms with Crippen molar-refractivity contribution in [1.29, 1.82) is 0 Å². The second kappa shape index (κ2) is 8.76. The van der Waals surface area contributed by atoms with E-state index in [0.29, 0.717) is 12.0 Å². The molecule has 188 valence electrons. The van der Waals surface area contributed by atoms with Crippen LogP contribution in [0.1, 0.15) is 5.56 Å². The summed E-state index contributed by atoms with van der Waals surface area (Å²) in [5.74, 6) is 0.318. The summed E-state index contributed by atoms with van der Waals surface area (Å²) >= 11 is 0. The van der Waals surface area contributed by atoms with Crippen molar-refractivity contribution < 1.29 is 32.9 Å². The molecule has 2 aromatic heterocycles. The third-order valence-corrected chi connectivity index (χ3v) is 6.74. The Morgan fingerprint density at radius 3 is 2.86 bits per heavy atom. The number of ether oxygens (including phenoxy) is 2. The Morgan fingerprint density at radius 2 is 2.08 bits per heavy atom. The number of alkyl halides is 1. The second-order valence-corrected chi connectivity index (χ2v) is 8.81. The van der Waals surface area contributed by atoms with E-state index in [9.17, 15) is 19.0 Å². The number of fused-ring (bicyclic) bond motifs is 3. The minimum Gasteiger partial charge on any atom is -0.508 e. The van der Waals surface area contributed by atoms with Gasteiger partial charge in [-0.05, 0) is 23.6 Å². The van der Waals surface area contributed by atoms with E-state index in [-0.39, 0.29) is 69.8 Å². The molecule has 3 atom stereocenters. The molecule has 1 aliphatic heterocycles. The summed E-state index contributed by atoms with van der Waals surface area (Å²) < 4.78 is 55.8. The van der Waals surface area contributed by atoms with Crippen molar-refractivity contribution in [3.05, 3.63) is 47.7 Å². The highest BCUT2D eigenvalue weighted by Gasteiger charge is 2.56. The van der Waals surface area contributed by atoms with Gasteiger partial charge < -0.3 is 24.6 Å². The molecule has 0 bridgehead atoms. The van der Waals surface area contributed by atoms with Crippen molar-refractivity contribution in [3.8, 4) is 35.4 Å². The van der Waals surface area contributed by atoms with Gasteiger partial charge in [-0.1, -0.05) is 12.0 Å². The number of terminal acetylenes is 1. The molecule has 1 saturated carbocycles. The molecule has 0 spiro atoms. The Hall–Kier alpha value is -4.14. The molecular formula is C26H19F3N4O4. The highest BCUT2D eigenvalue weighted by atomic mass is 19.1. The van der Waals surface area contributed by atoms with E-state index >= 15 is 4.39 Å². The third kappa shape index (κ3) is 3.68. The molecule has 1 saturated heterocycles. The monoisotopic (exact) mass is 508 g/mol.